The molecule has 0 aromatic heterocycles. The van der Waals surface area contributed by atoms with Crippen LogP contribution in [-0.2, 0) is 4.79 Å². The van der Waals surface area contributed by atoms with E-state index in [1.807, 2.05) is 0 Å². The van der Waals surface area contributed by atoms with Crippen molar-refractivity contribution in [1.82, 2.24) is 5.32 Å². The average molecular weight is 353 g/mol. The van der Waals surface area contributed by atoms with Crippen LogP contribution in [0, 0.1) is 0 Å². The minimum absolute atomic E-state index is 0.186. The third-order valence-corrected chi connectivity index (χ3v) is 3.49. The van der Waals surface area contributed by atoms with Crippen molar-refractivity contribution in [3.63, 3.8) is 0 Å². The number of benzene rings is 2. The van der Waals surface area contributed by atoms with Crippen LogP contribution in [0.3, 0.4) is 0 Å². The van der Waals surface area contributed by atoms with Gasteiger partial charge in [-0.2, -0.15) is 0 Å². The Bertz CT molecular complexity index is 735. The van der Waals surface area contributed by atoms with E-state index in [1.54, 1.807) is 30.3 Å². The number of methoxy groups -OCH3 is 1. The lowest BCUT2D eigenvalue weighted by Gasteiger charge is -2.09. The number of anilines is 1. The lowest BCUT2D eigenvalue weighted by atomic mass is 10.2. The largest absolute Gasteiger partial charge is 0.497 e. The van der Waals surface area contributed by atoms with Crippen molar-refractivity contribution in [2.75, 3.05) is 19.0 Å². The van der Waals surface area contributed by atoms with E-state index >= 15 is 0 Å². The van der Waals surface area contributed by atoms with Crippen molar-refractivity contribution in [2.24, 2.45) is 0 Å². The van der Waals surface area contributed by atoms with Gasteiger partial charge in [0.1, 0.15) is 5.75 Å². The van der Waals surface area contributed by atoms with Gasteiger partial charge >= 0.3 is 0 Å². The topological polar surface area (TPSA) is 67.4 Å². The van der Waals surface area contributed by atoms with Crippen LogP contribution in [-0.4, -0.2) is 25.5 Å². The number of carbonyl (C=O) groups is 2. The number of amides is 2. The summed E-state index contributed by atoms with van der Waals surface area (Å²) in [5, 5.41) is 5.82. The molecule has 23 heavy (non-hydrogen) atoms. The monoisotopic (exact) mass is 352 g/mol. The maximum absolute atomic E-state index is 12.0. The molecule has 0 radical (unpaired) electrons. The van der Waals surface area contributed by atoms with Gasteiger partial charge in [0.05, 0.1) is 24.2 Å². The Labute approximate surface area is 143 Å². The van der Waals surface area contributed by atoms with Gasteiger partial charge in [0.2, 0.25) is 5.91 Å². The fourth-order valence-electron chi connectivity index (χ4n) is 1.84. The Hall–Kier alpha value is -2.24. The zero-order chi connectivity index (χ0) is 16.8. The standard InChI is InChI=1S/C16H14Cl2N2O3/c1-23-12-4-2-3-11(8-12)20-15(21)9-19-16(22)13-6-5-10(17)7-14(13)18/h2-8H,9H2,1H3,(H,19,22)(H,20,21). The van der Waals surface area contributed by atoms with E-state index in [1.165, 1.54) is 19.2 Å². The fraction of sp³-hybridized carbons (Fsp3) is 0.125. The smallest absolute Gasteiger partial charge is 0.253 e. The second-order valence-electron chi connectivity index (χ2n) is 4.59. The molecule has 0 aliphatic carbocycles. The number of ether oxygens (including phenoxy) is 1. The first-order valence-electron chi connectivity index (χ1n) is 6.67. The van der Waals surface area contributed by atoms with Crippen molar-refractivity contribution in [1.29, 1.82) is 0 Å². The first-order valence-corrected chi connectivity index (χ1v) is 7.42. The van der Waals surface area contributed by atoms with Crippen LogP contribution in [0.25, 0.3) is 0 Å². The van der Waals surface area contributed by atoms with E-state index in [0.717, 1.165) is 0 Å². The van der Waals surface area contributed by atoms with Gasteiger partial charge in [0.15, 0.2) is 0 Å². The Morgan fingerprint density at radius 1 is 1.13 bits per heavy atom. The van der Waals surface area contributed by atoms with Gasteiger partial charge < -0.3 is 15.4 Å². The summed E-state index contributed by atoms with van der Waals surface area (Å²) in [5.74, 6) is -0.191. The minimum Gasteiger partial charge on any atom is -0.497 e. The normalized spacial score (nSPS) is 10.0. The van der Waals surface area contributed by atoms with Crippen LogP contribution in [0.4, 0.5) is 5.69 Å². The summed E-state index contributed by atoms with van der Waals surface area (Å²) >= 11 is 11.7. The number of carbonyl (C=O) groups excluding carboxylic acids is 2. The molecule has 2 aromatic carbocycles. The van der Waals surface area contributed by atoms with E-state index in [-0.39, 0.29) is 23.0 Å². The number of rotatable bonds is 5. The molecule has 0 spiro atoms. The highest BCUT2D eigenvalue weighted by molar-refractivity contribution is 6.36. The molecule has 2 rings (SSSR count). The summed E-state index contributed by atoms with van der Waals surface area (Å²) in [4.78, 5) is 23.9. The SMILES string of the molecule is COc1cccc(NC(=O)CNC(=O)c2ccc(Cl)cc2Cl)c1. The Balaban J connectivity index is 1.92. The van der Waals surface area contributed by atoms with Crippen molar-refractivity contribution in [3.8, 4) is 5.75 Å². The zero-order valence-electron chi connectivity index (χ0n) is 12.2. The molecule has 2 amide bonds. The average Bonchev–Trinajstić information content (AvgIpc) is 2.53. The quantitative estimate of drug-likeness (QED) is 0.866. The number of hydrogen-bond donors (Lipinski definition) is 2. The maximum Gasteiger partial charge on any atom is 0.253 e. The molecular weight excluding hydrogens is 339 g/mol. The molecule has 7 heteroatoms. The molecule has 0 aliphatic heterocycles. The predicted octanol–water partition coefficient (Wildman–Crippen LogP) is 3.37. The summed E-state index contributed by atoms with van der Waals surface area (Å²) in [6.45, 7) is -0.186. The molecule has 0 fully saturated rings. The number of hydrogen-bond acceptors (Lipinski definition) is 3. The van der Waals surface area contributed by atoms with E-state index in [4.69, 9.17) is 27.9 Å². The molecule has 0 bridgehead atoms. The number of halogens is 2. The van der Waals surface area contributed by atoms with Crippen LogP contribution in [0.2, 0.25) is 10.0 Å². The zero-order valence-corrected chi connectivity index (χ0v) is 13.7. The molecule has 2 N–H and O–H groups in total. The maximum atomic E-state index is 12.0. The first kappa shape index (κ1) is 17.1. The number of nitrogens with one attached hydrogen (secondary N) is 2. The molecule has 5 nitrogen and oxygen atoms in total. The molecule has 0 saturated carbocycles. The van der Waals surface area contributed by atoms with Gasteiger partial charge in [-0.05, 0) is 30.3 Å². The third-order valence-electron chi connectivity index (χ3n) is 2.94. The fourth-order valence-corrected chi connectivity index (χ4v) is 2.33. The van der Waals surface area contributed by atoms with Crippen molar-refractivity contribution in [3.05, 3.63) is 58.1 Å². The van der Waals surface area contributed by atoms with Gasteiger partial charge in [-0.3, -0.25) is 9.59 Å². The molecule has 0 saturated heterocycles. The minimum atomic E-state index is -0.451. The molecule has 0 heterocycles. The van der Waals surface area contributed by atoms with Crippen molar-refractivity contribution < 1.29 is 14.3 Å². The van der Waals surface area contributed by atoms with Gasteiger partial charge in [0.25, 0.3) is 5.91 Å². The van der Waals surface area contributed by atoms with Crippen molar-refractivity contribution >= 4 is 40.7 Å². The second-order valence-corrected chi connectivity index (χ2v) is 5.43. The van der Waals surface area contributed by atoms with Gasteiger partial charge in [-0.1, -0.05) is 29.3 Å². The molecule has 0 aliphatic rings. The van der Waals surface area contributed by atoms with Gasteiger partial charge in [0, 0.05) is 16.8 Å². The van der Waals surface area contributed by atoms with Crippen molar-refractivity contribution in [2.45, 2.75) is 0 Å². The molecule has 0 atom stereocenters. The Morgan fingerprint density at radius 2 is 1.91 bits per heavy atom. The molecule has 0 unspecified atom stereocenters. The van der Waals surface area contributed by atoms with E-state index < -0.39 is 5.91 Å². The van der Waals surface area contributed by atoms with Crippen LogP contribution >= 0.6 is 23.2 Å². The highest BCUT2D eigenvalue weighted by atomic mass is 35.5. The first-order chi connectivity index (χ1) is 11.0. The third kappa shape index (κ3) is 4.87. The van der Waals surface area contributed by atoms with Crippen LogP contribution in [0.5, 0.6) is 5.75 Å². The molecule has 120 valence electrons. The summed E-state index contributed by atoms with van der Waals surface area (Å²) in [6.07, 6.45) is 0. The lowest BCUT2D eigenvalue weighted by molar-refractivity contribution is -0.115. The summed E-state index contributed by atoms with van der Waals surface area (Å²) in [5.41, 5.74) is 0.832. The van der Waals surface area contributed by atoms with E-state index in [0.29, 0.717) is 16.5 Å². The lowest BCUT2D eigenvalue weighted by Crippen LogP contribution is -2.33. The summed E-state index contributed by atoms with van der Waals surface area (Å²) in [7, 11) is 1.54. The Morgan fingerprint density at radius 3 is 2.61 bits per heavy atom. The Kier molecular flexibility index (Phi) is 5.84. The molecular formula is C16H14Cl2N2O3. The van der Waals surface area contributed by atoms with Gasteiger partial charge in [-0.25, -0.2) is 0 Å². The van der Waals surface area contributed by atoms with Crippen LogP contribution < -0.4 is 15.4 Å². The van der Waals surface area contributed by atoms with Crippen LogP contribution in [0.1, 0.15) is 10.4 Å². The van der Waals surface area contributed by atoms with E-state index in [2.05, 4.69) is 10.6 Å². The predicted molar refractivity (Wildman–Crippen MR) is 90.4 cm³/mol. The highest BCUT2D eigenvalue weighted by Crippen LogP contribution is 2.20. The second kappa shape index (κ2) is 7.85. The summed E-state index contributed by atoms with van der Waals surface area (Å²) < 4.78 is 5.07. The van der Waals surface area contributed by atoms with E-state index in [9.17, 15) is 9.59 Å². The van der Waals surface area contributed by atoms with Crippen LogP contribution in [0.15, 0.2) is 42.5 Å². The summed E-state index contributed by atoms with van der Waals surface area (Å²) in [6, 6.07) is 11.4. The highest BCUT2D eigenvalue weighted by Gasteiger charge is 2.12. The van der Waals surface area contributed by atoms with Gasteiger partial charge in [-0.15, -0.1) is 0 Å². The molecule has 2 aromatic rings.